The van der Waals surface area contributed by atoms with Crippen molar-refractivity contribution < 1.29 is 93.6 Å². The molecule has 35 nitrogen and oxygen atoms in total. The monoisotopic (exact) mass is 2020 g/mol. The average molecular weight is 2020 g/mol. The van der Waals surface area contributed by atoms with Crippen LogP contribution in [-0.2, 0) is 55.7 Å². The van der Waals surface area contributed by atoms with Crippen molar-refractivity contribution in [1.29, 1.82) is 0 Å². The van der Waals surface area contributed by atoms with Crippen LogP contribution >= 0.6 is 46.4 Å². The summed E-state index contributed by atoms with van der Waals surface area (Å²) in [6, 6.07) is 4.98. The Balaban J connectivity index is -0.000000282. The lowest BCUT2D eigenvalue weighted by molar-refractivity contribution is -0.110. The number of fused-ring (bicyclic) bond motifs is 2. The number of hydrogen-bond donors (Lipinski definition) is 12. The van der Waals surface area contributed by atoms with E-state index in [2.05, 4.69) is 82.4 Å². The highest BCUT2D eigenvalue weighted by Crippen LogP contribution is 2.38. The summed E-state index contributed by atoms with van der Waals surface area (Å²) in [5.41, 5.74) is 15.5. The molecule has 3 heterocycles. The molecule has 0 unspecified atom stereocenters. The molecule has 7 rings (SSSR count). The number of hydrogen-bond acceptors (Lipinski definition) is 26. The zero-order valence-corrected chi connectivity index (χ0v) is 89.6. The third kappa shape index (κ3) is 81.1. The van der Waals surface area contributed by atoms with Gasteiger partial charge in [0.15, 0.2) is 17.2 Å². The number of benzene rings is 1. The van der Waals surface area contributed by atoms with E-state index in [4.69, 9.17) is 92.2 Å². The van der Waals surface area contributed by atoms with Crippen molar-refractivity contribution in [2.75, 3.05) is 76.5 Å². The van der Waals surface area contributed by atoms with Crippen molar-refractivity contribution in [1.82, 2.24) is 56.9 Å². The molecule has 1 aromatic carbocycles. The molecule has 5 aliphatic rings. The smallest absolute Gasteiger partial charge is 0.407 e. The van der Waals surface area contributed by atoms with Gasteiger partial charge in [0.25, 0.3) is 16.0 Å². The van der Waals surface area contributed by atoms with Crippen molar-refractivity contribution in [3.05, 3.63) is 73.5 Å². The lowest BCUT2D eigenvalue weighted by Crippen LogP contribution is -2.64. The van der Waals surface area contributed by atoms with Gasteiger partial charge in [-0.1, -0.05) is 74.0 Å². The number of aromatic nitrogens is 1. The van der Waals surface area contributed by atoms with Gasteiger partial charge in [-0.3, -0.25) is 23.5 Å². The summed E-state index contributed by atoms with van der Waals surface area (Å²) in [6.07, 6.45) is 11.0. The fourth-order valence-electron chi connectivity index (χ4n) is 10.4. The lowest BCUT2D eigenvalue weighted by atomic mass is 10.00. The summed E-state index contributed by atoms with van der Waals surface area (Å²) in [5.74, 6) is -2.36. The Bertz CT molecular complexity index is 3740. The normalized spacial score (nSPS) is 15.8. The first-order chi connectivity index (χ1) is 61.4. The minimum atomic E-state index is -3.48. The molecule has 4 fully saturated rings. The topological polar surface area (TPSA) is 492 Å². The predicted molar refractivity (Wildman–Crippen MR) is 537 cm³/mol. The van der Waals surface area contributed by atoms with Gasteiger partial charge in [-0.2, -0.15) is 8.42 Å². The molecule has 14 N–H and O–H groups in total. The maximum atomic E-state index is 13.9. The van der Waals surface area contributed by atoms with E-state index in [9.17, 15) is 65.5 Å². The number of ketones is 1. The van der Waals surface area contributed by atoms with Gasteiger partial charge in [0.1, 0.15) is 52.1 Å². The molecule has 0 radical (unpaired) electrons. The number of aromatic hydroxyl groups is 1. The third-order valence-electron chi connectivity index (χ3n) is 16.6. The number of carbonyl (C=O) groups is 8. The number of halogens is 6. The zero-order valence-electron chi connectivity index (χ0n) is 85.8. The van der Waals surface area contributed by atoms with Crippen molar-refractivity contribution in [3.8, 4) is 5.75 Å². The van der Waals surface area contributed by atoms with Gasteiger partial charge in [0.2, 0.25) is 5.43 Å². The Morgan fingerprint density at radius 1 is 0.634 bits per heavy atom. The number of ether oxygens (including phenoxy) is 5. The standard InChI is InChI=1S/C24H25F2N3O4.C12H24N2O2.C12H26N2O2.C9H19NO5S.C8H16N4O2.C8H18N2O2.C7H16N2.C4H8O.2C2H6.2CH2Cl2.CH4O.CH4/c1-13-8-9-28(16-5-6-16)20-12-27-11-17(22(31)23(32)21(27)24(33)29(13)20)19(30)7-3-14-2-4-15(25)10-18(14)26;1-9(7-8-13-10-5-6-10)14-11(15)16-12(2,3)4;1-9(2)7-13-8-10(3)14-11(15)16-12(4,5)6;1-7(6-14-16(5,12)13)10-8(11)15-9(2,3)4;1-6(5-10-12-9)11-7(13)14-8(2,3)4;1-6(5-9)10-7(11)12-8(2,3)4;1-6(8)4-5-9-7-2-3-7;1-4(2)3-5;2*1-2;2*2-1-3;1-2;/h2,4,10-11,13,16,20,32H,3,5-9,12H2,1H3;9-10,13H,5-8H2,1-4H3,(H,14,15);9-10,13H,7-8H2,1-6H3,(H,14,15);7H,6H2,1-5H3,(H,10,11);6H,5H2,1-4H3,(H,11,13);6H,5,9H2,1-4H3,(H,10,11);6-7,9H,2-5,8H2,1H3;3-4H,1-2H3;2*1-2H3;2*1H2;2H,1H3;1H4/t13-,20-;9-;10-;7-;3*6-;;;;;;;/m0011110......./s1. The summed E-state index contributed by atoms with van der Waals surface area (Å²) >= 11 is 19.1. The number of aldehydes is 1. The van der Waals surface area contributed by atoms with Crippen LogP contribution in [0.15, 0.2) is 34.3 Å². The van der Waals surface area contributed by atoms with Gasteiger partial charge in [-0.25, -0.2) is 32.8 Å². The maximum Gasteiger partial charge on any atom is 0.407 e. The fourth-order valence-corrected chi connectivity index (χ4v) is 10.9. The first-order valence-electron chi connectivity index (χ1n) is 45.5. The summed E-state index contributed by atoms with van der Waals surface area (Å²) in [5, 5.41) is 44.7. The number of aliphatic hydroxyl groups excluding tert-OH is 1. The number of aryl methyl sites for hydroxylation is 1. The molecule has 2 aliphatic heterocycles. The molecule has 0 bridgehead atoms. The number of carbonyl (C=O) groups excluding carboxylic acids is 8. The van der Waals surface area contributed by atoms with Gasteiger partial charge in [0.05, 0.1) is 41.7 Å². The number of nitrogens with two attached hydrogens (primary N) is 2. The molecule has 3 saturated carbocycles. The molecule has 6 amide bonds. The second kappa shape index (κ2) is 75.1. The number of alkyl halides is 4. The van der Waals surface area contributed by atoms with Crippen LogP contribution in [0.3, 0.4) is 0 Å². The van der Waals surface area contributed by atoms with Crippen LogP contribution in [0.25, 0.3) is 10.4 Å². The molecule has 0 spiro atoms. The van der Waals surface area contributed by atoms with Gasteiger partial charge in [0, 0.05) is 117 Å². The van der Waals surface area contributed by atoms with Gasteiger partial charge in [-0.05, 0) is 259 Å². The van der Waals surface area contributed by atoms with E-state index in [-0.39, 0.29) is 115 Å². The number of rotatable bonds is 29. The zero-order chi connectivity index (χ0) is 105. The highest BCUT2D eigenvalue weighted by Gasteiger charge is 2.47. The molecule has 134 heavy (non-hydrogen) atoms. The van der Waals surface area contributed by atoms with E-state index in [1.807, 2.05) is 132 Å². The third-order valence-corrected chi connectivity index (χ3v) is 17.1. The van der Waals surface area contributed by atoms with Crippen molar-refractivity contribution >= 4 is 105 Å². The number of alkyl carbamates (subject to hydrolysis) is 5. The summed E-state index contributed by atoms with van der Waals surface area (Å²) in [4.78, 5) is 111. The fraction of sp³-hybridized carbons (Fsp3) is 0.793. The maximum absolute atomic E-state index is 13.9. The van der Waals surface area contributed by atoms with E-state index < -0.39 is 96.9 Å². The minimum Gasteiger partial charge on any atom is -0.503 e. The number of nitrogens with one attached hydrogen (secondary N) is 8. The van der Waals surface area contributed by atoms with E-state index in [1.54, 1.807) is 60.3 Å². The molecule has 2 aromatic rings. The van der Waals surface area contributed by atoms with Crippen molar-refractivity contribution in [3.63, 3.8) is 0 Å². The Labute approximate surface area is 821 Å². The molecular weight excluding hydrogens is 1840 g/mol. The van der Waals surface area contributed by atoms with Crippen LogP contribution in [0.4, 0.5) is 32.8 Å². The van der Waals surface area contributed by atoms with Crippen LogP contribution in [0.2, 0.25) is 0 Å². The number of pyridine rings is 1. The molecule has 1 aromatic heterocycles. The van der Waals surface area contributed by atoms with Gasteiger partial charge < -0.3 is 102 Å². The summed E-state index contributed by atoms with van der Waals surface area (Å²) < 4.78 is 79.8. The Morgan fingerprint density at radius 2 is 1.03 bits per heavy atom. The highest BCUT2D eigenvalue weighted by atomic mass is 35.5. The molecular formula is C92H176Cl4F2N16O19S. The number of nitrogens with zero attached hydrogens (tertiary/aromatic N) is 6. The molecule has 8 atom stereocenters. The van der Waals surface area contributed by atoms with E-state index in [0.717, 1.165) is 109 Å². The van der Waals surface area contributed by atoms with Crippen LogP contribution in [-0.4, -0.2) is 252 Å². The number of azide groups is 1. The largest absolute Gasteiger partial charge is 0.503 e. The summed E-state index contributed by atoms with van der Waals surface area (Å²) in [6.45, 7) is 61.9. The highest BCUT2D eigenvalue weighted by molar-refractivity contribution is 7.86. The lowest BCUT2D eigenvalue weighted by Gasteiger charge is -2.50. The predicted octanol–water partition coefficient (Wildman–Crippen LogP) is 17.3. The first kappa shape index (κ1) is 140. The van der Waals surface area contributed by atoms with Crippen molar-refractivity contribution in [2.45, 2.75) is 387 Å². The Morgan fingerprint density at radius 3 is 1.39 bits per heavy atom. The van der Waals surface area contributed by atoms with E-state index >= 15 is 0 Å². The number of amides is 6. The van der Waals surface area contributed by atoms with Gasteiger partial charge >= 0.3 is 30.5 Å². The molecule has 3 aliphatic carbocycles. The van der Waals surface area contributed by atoms with Crippen LogP contribution in [0.1, 0.15) is 306 Å². The van der Waals surface area contributed by atoms with Crippen molar-refractivity contribution in [2.24, 2.45) is 28.4 Å². The Hall–Kier alpha value is -6.91. The van der Waals surface area contributed by atoms with Gasteiger partial charge in [-0.15, -0.1) is 46.4 Å². The summed E-state index contributed by atoms with van der Waals surface area (Å²) in [7, 11) is -2.48. The number of aliphatic hydroxyl groups is 1. The van der Waals surface area contributed by atoms with E-state index in [0.29, 0.717) is 31.1 Å². The molecule has 786 valence electrons. The van der Waals surface area contributed by atoms with Crippen LogP contribution in [0, 0.1) is 23.5 Å². The Kier molecular flexibility index (Phi) is 78.5. The second-order valence-electron chi connectivity index (χ2n) is 37.2. The second-order valence-corrected chi connectivity index (χ2v) is 40.5. The molecule has 42 heteroatoms. The van der Waals surface area contributed by atoms with Crippen LogP contribution < -0.4 is 59.4 Å². The average Bonchev–Trinajstić information content (AvgIpc) is 1.31. The van der Waals surface area contributed by atoms with E-state index in [1.165, 1.54) is 42.5 Å². The first-order valence-corrected chi connectivity index (χ1v) is 49.5. The number of Topliss-reactive ketones (excluding diaryl/α,β-unsaturated/α-hetero) is 1. The van der Waals surface area contributed by atoms with Crippen LogP contribution in [0.5, 0.6) is 5.75 Å². The molecule has 1 saturated heterocycles. The quantitative estimate of drug-likeness (QED) is 0.00526. The SMILES string of the molecule is C.CC.CC.CC(C)C=O.CC(C)CNC[C@@H](C)NC(=O)OC(C)(C)C.CO.C[C@@H](CCNC1CC1)NC(=O)OC(C)(C)C.C[C@H](CN)NC(=O)OC(C)(C)C.C[C@H](CN=[N+]=[N-])NC(=O)OC(C)(C)C.C[C@H](COS(C)(=O)=O)NC(=O)OC(C)(C)C.C[C@H](N)CCNC1CC1.C[C@H]1CCN(C2CC2)[C@@H]2Cn3cc(C(=O)CCc4ccc(F)cc4F)c(=O)c(O)c3C(=O)N12.ClCCl.ClCCl. The minimum absolute atomic E-state index is 0.